The SMILES string of the molecule is CCC1CCCC(C2=CC(Cl)CC(C)(C)C2)C1. The van der Waals surface area contributed by atoms with Gasteiger partial charge in [0.2, 0.25) is 0 Å². The Hall–Kier alpha value is 0.0300. The number of alkyl halides is 1. The largest absolute Gasteiger partial charge is 0.118 e. The molecule has 0 heterocycles. The fraction of sp³-hybridized carbons (Fsp3) is 0.875. The predicted molar refractivity (Wildman–Crippen MR) is 76.5 cm³/mol. The third-order valence-corrected chi connectivity index (χ3v) is 4.99. The quantitative estimate of drug-likeness (QED) is 0.447. The maximum Gasteiger partial charge on any atom is 0.0523 e. The maximum absolute atomic E-state index is 6.41. The van der Waals surface area contributed by atoms with Crippen molar-refractivity contribution in [3.05, 3.63) is 11.6 Å². The molecule has 3 unspecified atom stereocenters. The summed E-state index contributed by atoms with van der Waals surface area (Å²) < 4.78 is 0. The Balaban J connectivity index is 2.06. The first kappa shape index (κ1) is 13.5. The molecule has 2 rings (SSSR count). The van der Waals surface area contributed by atoms with E-state index in [0.29, 0.717) is 5.41 Å². The molecule has 17 heavy (non-hydrogen) atoms. The van der Waals surface area contributed by atoms with Crippen molar-refractivity contribution in [1.82, 2.24) is 0 Å². The number of halogens is 1. The number of rotatable bonds is 2. The summed E-state index contributed by atoms with van der Waals surface area (Å²) in [6, 6.07) is 0. The zero-order chi connectivity index (χ0) is 12.5. The summed E-state index contributed by atoms with van der Waals surface area (Å²) in [6.07, 6.45) is 11.9. The predicted octanol–water partition coefficient (Wildman–Crippen LogP) is 5.56. The minimum atomic E-state index is 0.274. The first-order chi connectivity index (χ1) is 8.00. The normalized spacial score (nSPS) is 37.6. The van der Waals surface area contributed by atoms with Crippen LogP contribution in [0.2, 0.25) is 0 Å². The van der Waals surface area contributed by atoms with Gasteiger partial charge in [-0.25, -0.2) is 0 Å². The van der Waals surface area contributed by atoms with Gasteiger partial charge in [0.05, 0.1) is 5.38 Å². The Morgan fingerprint density at radius 3 is 2.76 bits per heavy atom. The molecule has 1 heteroatoms. The minimum Gasteiger partial charge on any atom is -0.118 e. The molecule has 0 aromatic heterocycles. The highest BCUT2D eigenvalue weighted by Gasteiger charge is 2.32. The van der Waals surface area contributed by atoms with Crippen molar-refractivity contribution in [2.24, 2.45) is 17.3 Å². The lowest BCUT2D eigenvalue weighted by molar-refractivity contribution is 0.250. The lowest BCUT2D eigenvalue weighted by Gasteiger charge is -2.38. The van der Waals surface area contributed by atoms with Crippen LogP contribution >= 0.6 is 11.6 Å². The molecule has 1 fully saturated rings. The van der Waals surface area contributed by atoms with Crippen LogP contribution in [0.25, 0.3) is 0 Å². The second kappa shape index (κ2) is 5.34. The van der Waals surface area contributed by atoms with Crippen LogP contribution in [0.1, 0.15) is 65.7 Å². The Labute approximate surface area is 112 Å². The second-order valence-corrected chi connectivity index (χ2v) is 7.50. The van der Waals surface area contributed by atoms with Crippen LogP contribution in [0.5, 0.6) is 0 Å². The molecule has 0 aromatic rings. The highest BCUT2D eigenvalue weighted by molar-refractivity contribution is 6.21. The lowest BCUT2D eigenvalue weighted by Crippen LogP contribution is -2.27. The van der Waals surface area contributed by atoms with Crippen LogP contribution in [0, 0.1) is 17.3 Å². The van der Waals surface area contributed by atoms with Gasteiger partial charge in [0.25, 0.3) is 0 Å². The van der Waals surface area contributed by atoms with Gasteiger partial charge in [-0.05, 0) is 42.9 Å². The molecule has 2 aliphatic carbocycles. The molecule has 0 aromatic carbocycles. The molecule has 0 spiro atoms. The van der Waals surface area contributed by atoms with Crippen LogP contribution in [0.15, 0.2) is 11.6 Å². The molecule has 0 amide bonds. The van der Waals surface area contributed by atoms with E-state index in [4.69, 9.17) is 11.6 Å². The molecular weight excluding hydrogens is 228 g/mol. The van der Waals surface area contributed by atoms with Crippen molar-refractivity contribution in [2.75, 3.05) is 0 Å². The van der Waals surface area contributed by atoms with Gasteiger partial charge in [0, 0.05) is 0 Å². The first-order valence-electron chi connectivity index (χ1n) is 7.35. The highest BCUT2D eigenvalue weighted by Crippen LogP contribution is 2.44. The smallest absolute Gasteiger partial charge is 0.0523 e. The van der Waals surface area contributed by atoms with E-state index in [9.17, 15) is 0 Å². The van der Waals surface area contributed by atoms with Gasteiger partial charge < -0.3 is 0 Å². The van der Waals surface area contributed by atoms with Gasteiger partial charge >= 0.3 is 0 Å². The number of hydrogen-bond acceptors (Lipinski definition) is 0. The molecule has 0 N–H and O–H groups in total. The van der Waals surface area contributed by atoms with Gasteiger partial charge in [0.1, 0.15) is 0 Å². The van der Waals surface area contributed by atoms with Crippen molar-refractivity contribution in [2.45, 2.75) is 71.1 Å². The van der Waals surface area contributed by atoms with E-state index < -0.39 is 0 Å². The third kappa shape index (κ3) is 3.50. The Bertz CT molecular complexity index is 290. The zero-order valence-corrected chi connectivity index (χ0v) is 12.4. The minimum absolute atomic E-state index is 0.274. The molecule has 1 saturated carbocycles. The Morgan fingerprint density at radius 2 is 2.12 bits per heavy atom. The standard InChI is InChI=1S/C16H27Cl/c1-4-12-6-5-7-13(8-12)14-9-15(17)11-16(2,3)10-14/h9,12-13,15H,4-8,10-11H2,1-3H3. The van der Waals surface area contributed by atoms with Crippen LogP contribution in [-0.4, -0.2) is 5.38 Å². The summed E-state index contributed by atoms with van der Waals surface area (Å²) in [5.74, 6) is 1.81. The fourth-order valence-corrected chi connectivity index (χ4v) is 4.36. The van der Waals surface area contributed by atoms with E-state index in [1.54, 1.807) is 5.57 Å². The van der Waals surface area contributed by atoms with Crippen LogP contribution in [-0.2, 0) is 0 Å². The Kier molecular flexibility index (Phi) is 4.23. The summed E-state index contributed by atoms with van der Waals surface area (Å²) in [4.78, 5) is 0. The van der Waals surface area contributed by atoms with E-state index in [2.05, 4.69) is 26.8 Å². The van der Waals surface area contributed by atoms with Gasteiger partial charge in [0.15, 0.2) is 0 Å². The van der Waals surface area contributed by atoms with E-state index in [0.717, 1.165) is 18.3 Å². The summed E-state index contributed by atoms with van der Waals surface area (Å²) >= 11 is 6.41. The van der Waals surface area contributed by atoms with E-state index in [1.165, 1.54) is 38.5 Å². The molecule has 98 valence electrons. The Morgan fingerprint density at radius 1 is 1.35 bits per heavy atom. The van der Waals surface area contributed by atoms with Crippen molar-refractivity contribution >= 4 is 11.6 Å². The lowest BCUT2D eigenvalue weighted by atomic mass is 9.69. The average Bonchev–Trinajstić information content (AvgIpc) is 2.26. The fourth-order valence-electron chi connectivity index (χ4n) is 3.78. The topological polar surface area (TPSA) is 0 Å². The van der Waals surface area contributed by atoms with E-state index >= 15 is 0 Å². The number of hydrogen-bond donors (Lipinski definition) is 0. The molecular formula is C16H27Cl. The number of allylic oxidation sites excluding steroid dienone is 2. The van der Waals surface area contributed by atoms with E-state index in [-0.39, 0.29) is 5.38 Å². The average molecular weight is 255 g/mol. The molecule has 0 nitrogen and oxygen atoms in total. The van der Waals surface area contributed by atoms with Crippen LogP contribution < -0.4 is 0 Å². The van der Waals surface area contributed by atoms with Gasteiger partial charge in [-0.2, -0.15) is 0 Å². The van der Waals surface area contributed by atoms with E-state index in [1.807, 2.05) is 0 Å². The van der Waals surface area contributed by atoms with Crippen molar-refractivity contribution in [1.29, 1.82) is 0 Å². The first-order valence-corrected chi connectivity index (χ1v) is 7.78. The van der Waals surface area contributed by atoms with Gasteiger partial charge in [-0.15, -0.1) is 11.6 Å². The molecule has 0 radical (unpaired) electrons. The summed E-state index contributed by atoms with van der Waals surface area (Å²) in [5.41, 5.74) is 2.09. The highest BCUT2D eigenvalue weighted by atomic mass is 35.5. The summed E-state index contributed by atoms with van der Waals surface area (Å²) in [6.45, 7) is 7.08. The maximum atomic E-state index is 6.41. The van der Waals surface area contributed by atoms with Crippen LogP contribution in [0.3, 0.4) is 0 Å². The molecule has 0 aliphatic heterocycles. The molecule has 2 aliphatic rings. The molecule has 3 atom stereocenters. The van der Waals surface area contributed by atoms with Crippen molar-refractivity contribution in [3.8, 4) is 0 Å². The van der Waals surface area contributed by atoms with Gasteiger partial charge in [-0.1, -0.05) is 51.7 Å². The summed E-state index contributed by atoms with van der Waals surface area (Å²) in [7, 11) is 0. The van der Waals surface area contributed by atoms with Crippen molar-refractivity contribution < 1.29 is 0 Å². The van der Waals surface area contributed by atoms with Gasteiger partial charge in [-0.3, -0.25) is 0 Å². The zero-order valence-electron chi connectivity index (χ0n) is 11.6. The monoisotopic (exact) mass is 254 g/mol. The third-order valence-electron chi connectivity index (χ3n) is 4.71. The summed E-state index contributed by atoms with van der Waals surface area (Å²) in [5, 5.41) is 0.274. The molecule has 0 saturated heterocycles. The van der Waals surface area contributed by atoms with Crippen molar-refractivity contribution in [3.63, 3.8) is 0 Å². The van der Waals surface area contributed by atoms with Crippen LogP contribution in [0.4, 0.5) is 0 Å². The second-order valence-electron chi connectivity index (χ2n) is 6.94. The molecule has 0 bridgehead atoms.